The molecule has 3 aromatic rings. The smallest absolute Gasteiger partial charge is 0.264 e. The molecule has 0 N–H and O–H groups in total. The number of carbonyl (C=O) groups excluding carboxylic acids is 1. The zero-order chi connectivity index (χ0) is 18.8. The minimum absolute atomic E-state index is 0.103. The number of hydrogen-bond acceptors (Lipinski definition) is 6. The van der Waals surface area contributed by atoms with Crippen molar-refractivity contribution in [3.8, 4) is 0 Å². The van der Waals surface area contributed by atoms with E-state index in [0.717, 1.165) is 34.5 Å². The van der Waals surface area contributed by atoms with E-state index in [1.54, 1.807) is 12.1 Å². The van der Waals surface area contributed by atoms with Gasteiger partial charge in [-0.15, -0.1) is 11.3 Å². The third-order valence-corrected chi connectivity index (χ3v) is 6.30. The number of piperazine rings is 1. The van der Waals surface area contributed by atoms with Crippen LogP contribution in [0.15, 0.2) is 41.8 Å². The van der Waals surface area contributed by atoms with E-state index in [-0.39, 0.29) is 17.8 Å². The van der Waals surface area contributed by atoms with Crippen LogP contribution in [0.1, 0.15) is 28.0 Å². The van der Waals surface area contributed by atoms with Gasteiger partial charge in [-0.1, -0.05) is 18.2 Å². The summed E-state index contributed by atoms with van der Waals surface area (Å²) in [6, 6.07) is 10.3. The molecular formula is C19H19FN4OS2. The van der Waals surface area contributed by atoms with Crippen molar-refractivity contribution in [1.82, 2.24) is 14.3 Å². The quantitative estimate of drug-likeness (QED) is 0.668. The van der Waals surface area contributed by atoms with Crippen LogP contribution in [0.2, 0.25) is 0 Å². The number of aromatic nitrogens is 2. The summed E-state index contributed by atoms with van der Waals surface area (Å²) in [5.41, 5.74) is 0.987. The highest BCUT2D eigenvalue weighted by molar-refractivity contribution is 7.12. The van der Waals surface area contributed by atoms with Gasteiger partial charge >= 0.3 is 0 Å². The SMILES string of the molecule is CC1CN(c2nc(Cc3ccc(F)cc3)ns2)CCN1C(=O)c1cccs1. The predicted molar refractivity (Wildman–Crippen MR) is 106 cm³/mol. The molecular weight excluding hydrogens is 383 g/mol. The summed E-state index contributed by atoms with van der Waals surface area (Å²) in [5.74, 6) is 0.604. The van der Waals surface area contributed by atoms with Gasteiger partial charge in [-0.05, 0) is 36.1 Å². The Bertz CT molecular complexity index is 910. The Morgan fingerprint density at radius 3 is 2.78 bits per heavy atom. The van der Waals surface area contributed by atoms with Crippen molar-refractivity contribution in [2.75, 3.05) is 24.5 Å². The summed E-state index contributed by atoms with van der Waals surface area (Å²) < 4.78 is 17.5. The van der Waals surface area contributed by atoms with Gasteiger partial charge in [0.1, 0.15) is 11.6 Å². The van der Waals surface area contributed by atoms with E-state index in [2.05, 4.69) is 21.2 Å². The van der Waals surface area contributed by atoms with Gasteiger partial charge in [0.2, 0.25) is 5.13 Å². The van der Waals surface area contributed by atoms with Gasteiger partial charge in [-0.2, -0.15) is 4.37 Å². The van der Waals surface area contributed by atoms with Crippen molar-refractivity contribution in [2.45, 2.75) is 19.4 Å². The van der Waals surface area contributed by atoms with Crippen LogP contribution in [0, 0.1) is 5.82 Å². The molecule has 2 aromatic heterocycles. The number of amides is 1. The minimum Gasteiger partial charge on any atom is -0.343 e. The van der Waals surface area contributed by atoms with Crippen molar-refractivity contribution in [3.05, 3.63) is 63.9 Å². The summed E-state index contributed by atoms with van der Waals surface area (Å²) in [7, 11) is 0. The summed E-state index contributed by atoms with van der Waals surface area (Å²) in [6.07, 6.45) is 0.586. The Balaban J connectivity index is 1.40. The van der Waals surface area contributed by atoms with Gasteiger partial charge in [0.25, 0.3) is 5.91 Å². The van der Waals surface area contributed by atoms with E-state index in [4.69, 9.17) is 0 Å². The van der Waals surface area contributed by atoms with Crippen LogP contribution < -0.4 is 4.90 Å². The van der Waals surface area contributed by atoms with Crippen molar-refractivity contribution in [1.29, 1.82) is 0 Å². The van der Waals surface area contributed by atoms with Crippen LogP contribution in [0.3, 0.4) is 0 Å². The Morgan fingerprint density at radius 2 is 2.07 bits per heavy atom. The van der Waals surface area contributed by atoms with E-state index in [1.165, 1.54) is 35.0 Å². The molecule has 4 rings (SSSR count). The molecule has 1 fully saturated rings. The van der Waals surface area contributed by atoms with Crippen molar-refractivity contribution in [2.24, 2.45) is 0 Å². The first-order chi connectivity index (χ1) is 13.1. The second kappa shape index (κ2) is 7.74. The molecule has 0 spiro atoms. The fraction of sp³-hybridized carbons (Fsp3) is 0.316. The molecule has 1 atom stereocenters. The van der Waals surface area contributed by atoms with Crippen LogP contribution in [0.25, 0.3) is 0 Å². The molecule has 140 valence electrons. The third kappa shape index (κ3) is 4.01. The van der Waals surface area contributed by atoms with Crippen LogP contribution in [-0.2, 0) is 6.42 Å². The van der Waals surface area contributed by atoms with E-state index < -0.39 is 0 Å². The number of carbonyl (C=O) groups is 1. The first kappa shape index (κ1) is 18.1. The second-order valence-electron chi connectivity index (χ2n) is 6.57. The summed E-state index contributed by atoms with van der Waals surface area (Å²) >= 11 is 2.86. The monoisotopic (exact) mass is 402 g/mol. The molecule has 0 radical (unpaired) electrons. The molecule has 0 aliphatic carbocycles. The normalized spacial score (nSPS) is 17.3. The van der Waals surface area contributed by atoms with Crippen LogP contribution in [0.5, 0.6) is 0 Å². The molecule has 0 bridgehead atoms. The lowest BCUT2D eigenvalue weighted by molar-refractivity contribution is 0.0679. The number of benzene rings is 1. The Morgan fingerprint density at radius 1 is 1.26 bits per heavy atom. The van der Waals surface area contributed by atoms with Crippen LogP contribution in [0.4, 0.5) is 9.52 Å². The first-order valence-corrected chi connectivity index (χ1v) is 10.4. The highest BCUT2D eigenvalue weighted by Crippen LogP contribution is 2.24. The average Bonchev–Trinajstić information content (AvgIpc) is 3.35. The molecule has 8 heteroatoms. The molecule has 1 amide bonds. The number of anilines is 1. The van der Waals surface area contributed by atoms with E-state index in [9.17, 15) is 9.18 Å². The van der Waals surface area contributed by atoms with Gasteiger partial charge in [-0.25, -0.2) is 9.37 Å². The first-order valence-electron chi connectivity index (χ1n) is 8.76. The van der Waals surface area contributed by atoms with Crippen molar-refractivity contribution < 1.29 is 9.18 Å². The third-order valence-electron chi connectivity index (χ3n) is 4.62. The molecule has 3 heterocycles. The summed E-state index contributed by atoms with van der Waals surface area (Å²) in [6.45, 7) is 4.22. The molecule has 1 aliphatic heterocycles. The van der Waals surface area contributed by atoms with Crippen LogP contribution >= 0.6 is 22.9 Å². The Labute approximate surface area is 165 Å². The molecule has 5 nitrogen and oxygen atoms in total. The maximum Gasteiger partial charge on any atom is 0.264 e. The number of halogens is 1. The lowest BCUT2D eigenvalue weighted by Crippen LogP contribution is -2.54. The minimum atomic E-state index is -0.241. The van der Waals surface area contributed by atoms with Gasteiger partial charge in [-0.3, -0.25) is 4.79 Å². The number of rotatable bonds is 4. The standard InChI is InChI=1S/C19H19FN4OS2/c1-13-12-23(8-9-24(13)18(25)16-3-2-10-26-16)19-21-17(22-27-19)11-14-4-6-15(20)7-5-14/h2-7,10,13H,8-9,11-12H2,1H3. The van der Waals surface area contributed by atoms with E-state index in [1.807, 2.05) is 22.4 Å². The second-order valence-corrected chi connectivity index (χ2v) is 8.25. The molecule has 1 aliphatic rings. The Hall–Kier alpha value is -2.32. The fourth-order valence-corrected chi connectivity index (χ4v) is 4.60. The summed E-state index contributed by atoms with van der Waals surface area (Å²) in [5, 5.41) is 2.81. The van der Waals surface area contributed by atoms with Gasteiger partial charge < -0.3 is 9.80 Å². The topological polar surface area (TPSA) is 49.3 Å². The van der Waals surface area contributed by atoms with Crippen molar-refractivity contribution in [3.63, 3.8) is 0 Å². The van der Waals surface area contributed by atoms with Gasteiger partial charge in [0, 0.05) is 43.6 Å². The largest absolute Gasteiger partial charge is 0.343 e. The molecule has 1 saturated heterocycles. The zero-order valence-corrected chi connectivity index (χ0v) is 16.5. The maximum atomic E-state index is 13.0. The summed E-state index contributed by atoms with van der Waals surface area (Å²) in [4.78, 5) is 22.2. The maximum absolute atomic E-state index is 13.0. The lowest BCUT2D eigenvalue weighted by Gasteiger charge is -2.39. The lowest BCUT2D eigenvalue weighted by atomic mass is 10.1. The van der Waals surface area contributed by atoms with E-state index >= 15 is 0 Å². The number of nitrogens with zero attached hydrogens (tertiary/aromatic N) is 4. The van der Waals surface area contributed by atoms with Crippen LogP contribution in [-0.4, -0.2) is 45.8 Å². The van der Waals surface area contributed by atoms with E-state index in [0.29, 0.717) is 13.0 Å². The van der Waals surface area contributed by atoms with Gasteiger partial charge in [0.05, 0.1) is 4.88 Å². The molecule has 1 aromatic carbocycles. The Kier molecular flexibility index (Phi) is 5.18. The molecule has 0 saturated carbocycles. The number of hydrogen-bond donors (Lipinski definition) is 0. The van der Waals surface area contributed by atoms with Gasteiger partial charge in [0.15, 0.2) is 0 Å². The fourth-order valence-electron chi connectivity index (χ4n) is 3.20. The average molecular weight is 403 g/mol. The molecule has 27 heavy (non-hydrogen) atoms. The highest BCUT2D eigenvalue weighted by atomic mass is 32.1. The predicted octanol–water partition coefficient (Wildman–Crippen LogP) is 3.68. The highest BCUT2D eigenvalue weighted by Gasteiger charge is 2.29. The van der Waals surface area contributed by atoms with Crippen molar-refractivity contribution >= 4 is 33.9 Å². The molecule has 1 unspecified atom stereocenters. The number of thiophene rings is 1. The zero-order valence-electron chi connectivity index (χ0n) is 14.8.